The van der Waals surface area contributed by atoms with Gasteiger partial charge in [-0.1, -0.05) is 30.0 Å². The second kappa shape index (κ2) is 7.19. The molecular formula is C19H17F2N3O2S. The van der Waals surface area contributed by atoms with Crippen LogP contribution in [0.25, 0.3) is 11.0 Å². The average Bonchev–Trinajstić information content (AvgIpc) is 3.03. The fraction of sp³-hybridized carbons (Fsp3) is 0.263. The molecule has 0 saturated carbocycles. The van der Waals surface area contributed by atoms with E-state index in [-0.39, 0.29) is 11.9 Å². The normalized spacial score (nSPS) is 17.2. The fourth-order valence-electron chi connectivity index (χ4n) is 3.04. The highest BCUT2D eigenvalue weighted by Gasteiger charge is 2.25. The molecule has 1 aliphatic rings. The minimum atomic E-state index is -0.950. The summed E-state index contributed by atoms with van der Waals surface area (Å²) in [7, 11) is 0. The molecule has 2 unspecified atom stereocenters. The summed E-state index contributed by atoms with van der Waals surface area (Å²) in [5, 5.41) is 3.05. The Morgan fingerprint density at radius 1 is 1.33 bits per heavy atom. The summed E-state index contributed by atoms with van der Waals surface area (Å²) in [6.45, 7) is 2.31. The van der Waals surface area contributed by atoms with Crippen LogP contribution in [0.5, 0.6) is 5.75 Å². The number of rotatable bonds is 4. The first-order valence-corrected chi connectivity index (χ1v) is 9.43. The van der Waals surface area contributed by atoms with Gasteiger partial charge in [0.15, 0.2) is 16.8 Å². The summed E-state index contributed by atoms with van der Waals surface area (Å²) in [5.41, 5.74) is 1.67. The molecule has 5 nitrogen and oxygen atoms in total. The Morgan fingerprint density at radius 3 is 2.96 bits per heavy atom. The zero-order valence-electron chi connectivity index (χ0n) is 14.5. The van der Waals surface area contributed by atoms with Crippen LogP contribution in [0.3, 0.4) is 0 Å². The fourth-order valence-corrected chi connectivity index (χ4v) is 3.87. The zero-order valence-corrected chi connectivity index (χ0v) is 15.3. The number of hydrogen-bond acceptors (Lipinski definition) is 4. The maximum Gasteiger partial charge on any atom is 0.233 e. The van der Waals surface area contributed by atoms with Gasteiger partial charge in [-0.2, -0.15) is 0 Å². The van der Waals surface area contributed by atoms with Crippen LogP contribution in [-0.2, 0) is 4.79 Å². The minimum Gasteiger partial charge on any atom is -0.493 e. The Kier molecular flexibility index (Phi) is 4.73. The number of nitrogens with one attached hydrogen (secondary N) is 2. The van der Waals surface area contributed by atoms with Crippen molar-refractivity contribution in [3.8, 4) is 5.75 Å². The summed E-state index contributed by atoms with van der Waals surface area (Å²) < 4.78 is 32.3. The SMILES string of the molecule is CC(Sc1nc2cc(F)c(F)cc2[nH]1)C(=O)NC1CCOc2ccccc21. The molecule has 2 heterocycles. The number of carbonyl (C=O) groups is 1. The molecule has 27 heavy (non-hydrogen) atoms. The van der Waals surface area contributed by atoms with E-state index in [1.165, 1.54) is 11.8 Å². The van der Waals surface area contributed by atoms with E-state index in [1.54, 1.807) is 6.92 Å². The van der Waals surface area contributed by atoms with Crippen molar-refractivity contribution in [3.05, 3.63) is 53.6 Å². The van der Waals surface area contributed by atoms with Gasteiger partial charge in [-0.3, -0.25) is 4.79 Å². The molecule has 2 aromatic carbocycles. The van der Waals surface area contributed by atoms with Gasteiger partial charge in [0.1, 0.15) is 5.75 Å². The third-order valence-electron chi connectivity index (χ3n) is 4.43. The summed E-state index contributed by atoms with van der Waals surface area (Å²) >= 11 is 1.20. The molecule has 1 amide bonds. The van der Waals surface area contributed by atoms with E-state index in [9.17, 15) is 13.6 Å². The van der Waals surface area contributed by atoms with E-state index >= 15 is 0 Å². The maximum atomic E-state index is 13.3. The highest BCUT2D eigenvalue weighted by Crippen LogP contribution is 2.32. The second-order valence-corrected chi connectivity index (χ2v) is 7.65. The third-order valence-corrected chi connectivity index (χ3v) is 5.42. The summed E-state index contributed by atoms with van der Waals surface area (Å²) in [4.78, 5) is 19.7. The molecule has 4 rings (SSSR count). The number of thioether (sulfide) groups is 1. The second-order valence-electron chi connectivity index (χ2n) is 6.32. The van der Waals surface area contributed by atoms with Crippen molar-refractivity contribution in [1.29, 1.82) is 0 Å². The average molecular weight is 389 g/mol. The van der Waals surface area contributed by atoms with Crippen LogP contribution in [0, 0.1) is 11.6 Å². The lowest BCUT2D eigenvalue weighted by molar-refractivity contribution is -0.121. The van der Waals surface area contributed by atoms with Crippen LogP contribution in [0.4, 0.5) is 8.78 Å². The van der Waals surface area contributed by atoms with Gasteiger partial charge in [0.2, 0.25) is 5.91 Å². The Morgan fingerprint density at radius 2 is 2.11 bits per heavy atom. The molecule has 140 valence electrons. The number of nitrogens with zero attached hydrogens (tertiary/aromatic N) is 1. The number of ether oxygens (including phenoxy) is 1. The smallest absolute Gasteiger partial charge is 0.233 e. The summed E-state index contributed by atoms with van der Waals surface area (Å²) in [6, 6.07) is 9.63. The number of H-pyrrole nitrogens is 1. The van der Waals surface area contributed by atoms with Crippen molar-refractivity contribution in [2.24, 2.45) is 0 Å². The Hall–Kier alpha value is -2.61. The zero-order chi connectivity index (χ0) is 19.0. The lowest BCUT2D eigenvalue weighted by Crippen LogP contribution is -2.36. The molecule has 8 heteroatoms. The van der Waals surface area contributed by atoms with Crippen molar-refractivity contribution in [2.75, 3.05) is 6.61 Å². The van der Waals surface area contributed by atoms with E-state index in [2.05, 4.69) is 15.3 Å². The molecule has 1 aromatic heterocycles. The molecule has 0 aliphatic carbocycles. The van der Waals surface area contributed by atoms with Crippen LogP contribution >= 0.6 is 11.8 Å². The Bertz CT molecular complexity index is 969. The quantitative estimate of drug-likeness (QED) is 0.663. The van der Waals surface area contributed by atoms with Crippen molar-refractivity contribution >= 4 is 28.7 Å². The van der Waals surface area contributed by atoms with Gasteiger partial charge >= 0.3 is 0 Å². The molecule has 1 aliphatic heterocycles. The first-order chi connectivity index (χ1) is 13.0. The van der Waals surface area contributed by atoms with Gasteiger partial charge in [0.25, 0.3) is 0 Å². The molecule has 3 aromatic rings. The molecular weight excluding hydrogens is 372 g/mol. The number of para-hydroxylation sites is 1. The minimum absolute atomic E-state index is 0.107. The Balaban J connectivity index is 1.46. The highest BCUT2D eigenvalue weighted by molar-refractivity contribution is 8.00. The van der Waals surface area contributed by atoms with E-state index in [0.29, 0.717) is 29.2 Å². The van der Waals surface area contributed by atoms with Crippen LogP contribution in [-0.4, -0.2) is 27.7 Å². The molecule has 0 radical (unpaired) electrons. The predicted octanol–water partition coefficient (Wildman–Crippen LogP) is 3.96. The maximum absolute atomic E-state index is 13.3. The van der Waals surface area contributed by atoms with E-state index in [4.69, 9.17) is 4.74 Å². The lowest BCUT2D eigenvalue weighted by Gasteiger charge is -2.27. The number of aromatic nitrogens is 2. The summed E-state index contributed by atoms with van der Waals surface area (Å²) in [5.74, 6) is -1.24. The first-order valence-electron chi connectivity index (χ1n) is 8.55. The molecule has 0 bridgehead atoms. The highest BCUT2D eigenvalue weighted by atomic mass is 32.2. The molecule has 0 saturated heterocycles. The monoisotopic (exact) mass is 389 g/mol. The van der Waals surface area contributed by atoms with Crippen molar-refractivity contribution in [1.82, 2.24) is 15.3 Å². The first kappa shape index (κ1) is 17.8. The largest absolute Gasteiger partial charge is 0.493 e. The number of hydrogen-bond donors (Lipinski definition) is 2. The van der Waals surface area contributed by atoms with Crippen LogP contribution in [0.15, 0.2) is 41.6 Å². The lowest BCUT2D eigenvalue weighted by atomic mass is 10.0. The van der Waals surface area contributed by atoms with Gasteiger partial charge in [0, 0.05) is 24.1 Å². The van der Waals surface area contributed by atoms with E-state index < -0.39 is 16.9 Å². The number of amides is 1. The molecule has 0 spiro atoms. The number of fused-ring (bicyclic) bond motifs is 2. The molecule has 2 N–H and O–H groups in total. The topological polar surface area (TPSA) is 67.0 Å². The third kappa shape index (κ3) is 3.62. The van der Waals surface area contributed by atoms with E-state index in [1.807, 2.05) is 24.3 Å². The van der Waals surface area contributed by atoms with Crippen molar-refractivity contribution in [3.63, 3.8) is 0 Å². The van der Waals surface area contributed by atoms with Gasteiger partial charge < -0.3 is 15.0 Å². The van der Waals surface area contributed by atoms with E-state index in [0.717, 1.165) is 23.4 Å². The number of benzene rings is 2. The van der Waals surface area contributed by atoms with Gasteiger partial charge in [-0.15, -0.1) is 0 Å². The number of halogens is 2. The predicted molar refractivity (Wildman–Crippen MR) is 98.8 cm³/mol. The number of aromatic amines is 1. The van der Waals surface area contributed by atoms with Crippen molar-refractivity contribution < 1.29 is 18.3 Å². The standard InChI is InChI=1S/C19H17F2N3O2S/c1-10(27-19-23-15-8-12(20)13(21)9-16(15)24-19)18(25)22-14-6-7-26-17-5-3-2-4-11(14)17/h2-5,8-10,14H,6-7H2,1H3,(H,22,25)(H,23,24). The molecule has 2 atom stereocenters. The van der Waals surface area contributed by atoms with Gasteiger partial charge in [-0.05, 0) is 13.0 Å². The van der Waals surface area contributed by atoms with Gasteiger partial charge in [-0.25, -0.2) is 13.8 Å². The Labute approximate surface area is 158 Å². The van der Waals surface area contributed by atoms with Crippen LogP contribution < -0.4 is 10.1 Å². The van der Waals surface area contributed by atoms with Crippen LogP contribution in [0.2, 0.25) is 0 Å². The van der Waals surface area contributed by atoms with Crippen LogP contribution in [0.1, 0.15) is 24.9 Å². The van der Waals surface area contributed by atoms with Crippen molar-refractivity contribution in [2.45, 2.75) is 29.8 Å². The number of imidazole rings is 1. The summed E-state index contributed by atoms with van der Waals surface area (Å²) in [6.07, 6.45) is 0.698. The molecule has 0 fully saturated rings. The van der Waals surface area contributed by atoms with Gasteiger partial charge in [0.05, 0.1) is 28.9 Å². The number of carbonyl (C=O) groups excluding carboxylic acids is 1.